The molecule has 0 amide bonds. The van der Waals surface area contributed by atoms with Crippen LogP contribution in [-0.4, -0.2) is 11.0 Å². The monoisotopic (exact) mass is 357 g/mol. The number of halogens is 3. The van der Waals surface area contributed by atoms with Gasteiger partial charge in [0.1, 0.15) is 5.82 Å². The summed E-state index contributed by atoms with van der Waals surface area (Å²) in [6.45, 7) is 0. The van der Waals surface area contributed by atoms with Crippen molar-refractivity contribution >= 4 is 27.5 Å². The first-order valence-corrected chi connectivity index (χ1v) is 7.26. The molecule has 1 atom stereocenters. The molecule has 0 aliphatic heterocycles. The van der Waals surface area contributed by atoms with Gasteiger partial charge in [-0.3, -0.25) is 16.3 Å². The van der Waals surface area contributed by atoms with Gasteiger partial charge >= 0.3 is 0 Å². The second kappa shape index (κ2) is 7.13. The van der Waals surface area contributed by atoms with E-state index in [1.807, 2.05) is 12.1 Å². The zero-order valence-electron chi connectivity index (χ0n) is 10.6. The molecule has 2 aromatic rings. The molecule has 3 N–H and O–H groups in total. The highest BCUT2D eigenvalue weighted by molar-refractivity contribution is 9.10. The summed E-state index contributed by atoms with van der Waals surface area (Å²) in [6, 6.07) is 8.67. The van der Waals surface area contributed by atoms with E-state index in [2.05, 4.69) is 26.3 Å². The number of aromatic nitrogens is 1. The Hall–Kier alpha value is -1.01. The summed E-state index contributed by atoms with van der Waals surface area (Å²) in [4.78, 5) is 4.29. The Bertz CT molecular complexity index is 577. The Balaban J connectivity index is 2.09. The fourth-order valence-electron chi connectivity index (χ4n) is 1.94. The Morgan fingerprint density at radius 1 is 1.30 bits per heavy atom. The van der Waals surface area contributed by atoms with E-state index >= 15 is 0 Å². The third kappa shape index (κ3) is 3.99. The smallest absolute Gasteiger partial charge is 0.145 e. The lowest BCUT2D eigenvalue weighted by atomic mass is 10.0. The minimum Gasteiger partial charge on any atom is -0.271 e. The minimum absolute atomic E-state index is 0.114. The van der Waals surface area contributed by atoms with Crippen molar-refractivity contribution in [3.8, 4) is 0 Å². The van der Waals surface area contributed by atoms with Crippen LogP contribution in [0.25, 0.3) is 0 Å². The summed E-state index contributed by atoms with van der Waals surface area (Å²) >= 11 is 9.11. The largest absolute Gasteiger partial charge is 0.271 e. The molecular formula is C14H14BrClFN3. The first-order chi connectivity index (χ1) is 9.60. The summed E-state index contributed by atoms with van der Waals surface area (Å²) < 4.78 is 14.8. The van der Waals surface area contributed by atoms with E-state index in [0.29, 0.717) is 18.4 Å². The van der Waals surface area contributed by atoms with Gasteiger partial charge in [0.15, 0.2) is 0 Å². The number of hydrazine groups is 1. The number of hydrogen-bond donors (Lipinski definition) is 2. The molecule has 0 aliphatic carbocycles. The highest BCUT2D eigenvalue weighted by Crippen LogP contribution is 2.19. The molecule has 0 saturated heterocycles. The van der Waals surface area contributed by atoms with E-state index in [1.165, 1.54) is 6.07 Å². The molecule has 0 spiro atoms. The molecule has 0 fully saturated rings. The van der Waals surface area contributed by atoms with E-state index < -0.39 is 5.82 Å². The van der Waals surface area contributed by atoms with Crippen LogP contribution in [0.1, 0.15) is 11.3 Å². The van der Waals surface area contributed by atoms with E-state index in [-0.39, 0.29) is 11.1 Å². The maximum absolute atomic E-state index is 13.9. The second-order valence-corrected chi connectivity index (χ2v) is 5.78. The van der Waals surface area contributed by atoms with Crippen LogP contribution < -0.4 is 11.3 Å². The third-order valence-electron chi connectivity index (χ3n) is 2.98. The molecule has 0 radical (unpaired) electrons. The van der Waals surface area contributed by atoms with E-state index in [1.54, 1.807) is 18.3 Å². The number of nitrogens with one attached hydrogen (secondary N) is 1. The Kier molecular flexibility index (Phi) is 5.48. The van der Waals surface area contributed by atoms with Crippen LogP contribution in [0.15, 0.2) is 41.0 Å². The van der Waals surface area contributed by atoms with Gasteiger partial charge in [0.25, 0.3) is 0 Å². The van der Waals surface area contributed by atoms with Gasteiger partial charge in [-0.1, -0.05) is 23.7 Å². The minimum atomic E-state index is -0.391. The van der Waals surface area contributed by atoms with Gasteiger partial charge in [0.05, 0.1) is 5.02 Å². The lowest BCUT2D eigenvalue weighted by Gasteiger charge is -2.16. The SMILES string of the molecule is NNC(Cc1ccc(Br)cn1)Cc1cccc(Cl)c1F. The average molecular weight is 359 g/mol. The predicted molar refractivity (Wildman–Crippen MR) is 81.9 cm³/mol. The Labute approximate surface area is 130 Å². The fraction of sp³-hybridized carbons (Fsp3) is 0.214. The number of hydrogen-bond acceptors (Lipinski definition) is 3. The van der Waals surface area contributed by atoms with Crippen molar-refractivity contribution in [2.75, 3.05) is 0 Å². The van der Waals surface area contributed by atoms with Gasteiger partial charge in [-0.05, 0) is 46.1 Å². The third-order valence-corrected chi connectivity index (χ3v) is 3.74. The van der Waals surface area contributed by atoms with Gasteiger partial charge in [0.2, 0.25) is 0 Å². The standard InChI is InChI=1S/C14H14BrClFN3/c15-10-4-5-11(19-8-10)7-12(20-18)6-9-2-1-3-13(16)14(9)17/h1-5,8,12,20H,6-7,18H2. The maximum atomic E-state index is 13.9. The van der Waals surface area contributed by atoms with Crippen molar-refractivity contribution in [1.82, 2.24) is 10.4 Å². The Morgan fingerprint density at radius 2 is 2.10 bits per heavy atom. The molecule has 2 rings (SSSR count). The molecule has 1 heterocycles. The number of nitrogens with zero attached hydrogens (tertiary/aromatic N) is 1. The fourth-order valence-corrected chi connectivity index (χ4v) is 2.37. The van der Waals surface area contributed by atoms with Gasteiger partial charge in [-0.15, -0.1) is 0 Å². The molecule has 20 heavy (non-hydrogen) atoms. The maximum Gasteiger partial charge on any atom is 0.145 e. The van der Waals surface area contributed by atoms with Crippen molar-refractivity contribution in [3.05, 3.63) is 63.1 Å². The summed E-state index contributed by atoms with van der Waals surface area (Å²) in [6.07, 6.45) is 2.78. The van der Waals surface area contributed by atoms with E-state index in [0.717, 1.165) is 10.2 Å². The summed E-state index contributed by atoms with van der Waals surface area (Å²) in [5.41, 5.74) is 4.13. The number of nitrogens with two attached hydrogens (primary N) is 1. The van der Waals surface area contributed by atoms with Gasteiger partial charge in [0, 0.05) is 28.8 Å². The van der Waals surface area contributed by atoms with E-state index in [9.17, 15) is 4.39 Å². The quantitative estimate of drug-likeness (QED) is 0.637. The van der Waals surface area contributed by atoms with Crippen molar-refractivity contribution in [1.29, 1.82) is 0 Å². The van der Waals surface area contributed by atoms with Crippen LogP contribution >= 0.6 is 27.5 Å². The second-order valence-electron chi connectivity index (χ2n) is 4.45. The number of pyridine rings is 1. The molecule has 0 bridgehead atoms. The average Bonchev–Trinajstić information content (AvgIpc) is 2.45. The van der Waals surface area contributed by atoms with Crippen molar-refractivity contribution in [3.63, 3.8) is 0 Å². The predicted octanol–water partition coefficient (Wildman–Crippen LogP) is 3.25. The highest BCUT2D eigenvalue weighted by Gasteiger charge is 2.14. The zero-order valence-corrected chi connectivity index (χ0v) is 13.0. The normalized spacial score (nSPS) is 12.4. The molecule has 1 unspecified atom stereocenters. The molecule has 3 nitrogen and oxygen atoms in total. The van der Waals surface area contributed by atoms with Gasteiger partial charge in [-0.2, -0.15) is 0 Å². The van der Waals surface area contributed by atoms with Crippen LogP contribution in [0.4, 0.5) is 4.39 Å². The van der Waals surface area contributed by atoms with Crippen LogP contribution in [0.5, 0.6) is 0 Å². The molecule has 0 saturated carbocycles. The molecular weight excluding hydrogens is 345 g/mol. The van der Waals surface area contributed by atoms with Crippen LogP contribution in [0.2, 0.25) is 5.02 Å². The lowest BCUT2D eigenvalue weighted by molar-refractivity contribution is 0.502. The van der Waals surface area contributed by atoms with E-state index in [4.69, 9.17) is 17.4 Å². The first-order valence-electron chi connectivity index (χ1n) is 6.09. The van der Waals surface area contributed by atoms with Crippen molar-refractivity contribution in [2.24, 2.45) is 5.84 Å². The molecule has 1 aromatic carbocycles. The summed E-state index contributed by atoms with van der Waals surface area (Å²) in [5, 5.41) is 0.125. The molecule has 6 heteroatoms. The first kappa shape index (κ1) is 15.4. The van der Waals surface area contributed by atoms with Crippen LogP contribution in [-0.2, 0) is 12.8 Å². The lowest BCUT2D eigenvalue weighted by Crippen LogP contribution is -2.38. The molecule has 106 valence electrons. The molecule has 1 aromatic heterocycles. The van der Waals surface area contributed by atoms with Crippen molar-refractivity contribution < 1.29 is 4.39 Å². The summed E-state index contributed by atoms with van der Waals surface area (Å²) in [7, 11) is 0. The van der Waals surface area contributed by atoms with Crippen LogP contribution in [0, 0.1) is 5.82 Å². The number of rotatable bonds is 5. The topological polar surface area (TPSA) is 50.9 Å². The van der Waals surface area contributed by atoms with Gasteiger partial charge in [-0.25, -0.2) is 4.39 Å². The number of benzene rings is 1. The van der Waals surface area contributed by atoms with Crippen molar-refractivity contribution in [2.45, 2.75) is 18.9 Å². The Morgan fingerprint density at radius 3 is 2.75 bits per heavy atom. The summed E-state index contributed by atoms with van der Waals surface area (Å²) in [5.74, 6) is 5.15. The molecule has 0 aliphatic rings. The zero-order chi connectivity index (χ0) is 14.5. The van der Waals surface area contributed by atoms with Crippen LogP contribution in [0.3, 0.4) is 0 Å². The highest BCUT2D eigenvalue weighted by atomic mass is 79.9. The van der Waals surface area contributed by atoms with Gasteiger partial charge < -0.3 is 0 Å².